The van der Waals surface area contributed by atoms with Crippen molar-refractivity contribution in [1.29, 1.82) is 5.26 Å². The summed E-state index contributed by atoms with van der Waals surface area (Å²) < 4.78 is 0. The average Bonchev–Trinajstić information content (AvgIpc) is 2.87. The van der Waals surface area contributed by atoms with Gasteiger partial charge in [-0.15, -0.1) is 0 Å². The monoisotopic (exact) mass is 370 g/mol. The lowest BCUT2D eigenvalue weighted by Gasteiger charge is -2.23. The molecular formula is C21H30N4O2. The number of hydrogen-bond acceptors (Lipinski definition) is 4. The van der Waals surface area contributed by atoms with E-state index in [0.717, 1.165) is 32.6 Å². The zero-order valence-corrected chi connectivity index (χ0v) is 16.6. The standard InChI is InChI=1S/C21H30N4O2/c1-21(2,3)20(27)23-10-9-19(26)25-12-4-11-24(13-14-25)16-18-7-5-17(15-22)6-8-18/h5-8H,4,9-14,16H2,1-3H3,(H,23,27). The summed E-state index contributed by atoms with van der Waals surface area (Å²) in [7, 11) is 0. The second-order valence-electron chi connectivity index (χ2n) is 8.08. The molecule has 146 valence electrons. The van der Waals surface area contributed by atoms with Gasteiger partial charge in [-0.3, -0.25) is 14.5 Å². The minimum absolute atomic E-state index is 0.0280. The summed E-state index contributed by atoms with van der Waals surface area (Å²) in [5.74, 6) is 0.0733. The van der Waals surface area contributed by atoms with Gasteiger partial charge in [-0.1, -0.05) is 32.9 Å². The van der Waals surface area contributed by atoms with Gasteiger partial charge in [0.25, 0.3) is 0 Å². The highest BCUT2D eigenvalue weighted by Gasteiger charge is 2.22. The number of hydrogen-bond donors (Lipinski definition) is 1. The minimum Gasteiger partial charge on any atom is -0.355 e. The highest BCUT2D eigenvalue weighted by Crippen LogP contribution is 2.13. The molecule has 0 spiro atoms. The molecule has 1 heterocycles. The predicted octanol–water partition coefficient (Wildman–Crippen LogP) is 2.14. The molecule has 0 aromatic heterocycles. The second-order valence-corrected chi connectivity index (χ2v) is 8.08. The molecule has 1 aromatic rings. The summed E-state index contributed by atoms with van der Waals surface area (Å²) in [4.78, 5) is 28.6. The molecular weight excluding hydrogens is 340 g/mol. The van der Waals surface area contributed by atoms with Crippen LogP contribution in [0.1, 0.15) is 44.7 Å². The smallest absolute Gasteiger partial charge is 0.225 e. The summed E-state index contributed by atoms with van der Waals surface area (Å²) in [6, 6.07) is 9.80. The molecule has 2 rings (SSSR count). The van der Waals surface area contributed by atoms with Crippen LogP contribution < -0.4 is 5.32 Å². The molecule has 1 N–H and O–H groups in total. The summed E-state index contributed by atoms with van der Waals surface area (Å²) in [5.41, 5.74) is 1.42. The lowest BCUT2D eigenvalue weighted by atomic mass is 9.96. The van der Waals surface area contributed by atoms with E-state index in [0.29, 0.717) is 25.1 Å². The molecule has 0 bridgehead atoms. The van der Waals surface area contributed by atoms with E-state index < -0.39 is 5.41 Å². The maximum atomic E-state index is 12.4. The van der Waals surface area contributed by atoms with Crippen LogP contribution >= 0.6 is 0 Å². The van der Waals surface area contributed by atoms with E-state index in [2.05, 4.69) is 16.3 Å². The Bertz CT molecular complexity index is 686. The number of carbonyl (C=O) groups excluding carboxylic acids is 2. The molecule has 0 aliphatic carbocycles. The van der Waals surface area contributed by atoms with Crippen LogP contribution in [0.15, 0.2) is 24.3 Å². The Morgan fingerprint density at radius 2 is 1.81 bits per heavy atom. The van der Waals surface area contributed by atoms with Crippen LogP contribution in [0.3, 0.4) is 0 Å². The SMILES string of the molecule is CC(C)(C)C(=O)NCCC(=O)N1CCCN(Cc2ccc(C#N)cc2)CC1. The Balaban J connectivity index is 1.77. The first-order valence-electron chi connectivity index (χ1n) is 9.57. The molecule has 0 atom stereocenters. The molecule has 2 amide bonds. The van der Waals surface area contributed by atoms with E-state index in [1.165, 1.54) is 5.56 Å². The first-order valence-corrected chi connectivity index (χ1v) is 9.57. The number of nitriles is 1. The maximum absolute atomic E-state index is 12.4. The number of amides is 2. The zero-order valence-electron chi connectivity index (χ0n) is 16.6. The van der Waals surface area contributed by atoms with E-state index in [4.69, 9.17) is 5.26 Å². The summed E-state index contributed by atoms with van der Waals surface area (Å²) in [6.45, 7) is 10.1. The van der Waals surface area contributed by atoms with Crippen LogP contribution in [0.5, 0.6) is 0 Å². The van der Waals surface area contributed by atoms with Crippen molar-refractivity contribution in [1.82, 2.24) is 15.1 Å². The third-order valence-electron chi connectivity index (χ3n) is 4.74. The fourth-order valence-corrected chi connectivity index (χ4v) is 3.03. The van der Waals surface area contributed by atoms with Crippen molar-refractivity contribution < 1.29 is 9.59 Å². The predicted molar refractivity (Wildman–Crippen MR) is 105 cm³/mol. The van der Waals surface area contributed by atoms with Crippen molar-refractivity contribution in [3.05, 3.63) is 35.4 Å². The van der Waals surface area contributed by atoms with Gasteiger partial charge in [0.1, 0.15) is 0 Å². The van der Waals surface area contributed by atoms with Gasteiger partial charge < -0.3 is 10.2 Å². The second kappa shape index (κ2) is 9.52. The lowest BCUT2D eigenvalue weighted by molar-refractivity contribution is -0.131. The fraction of sp³-hybridized carbons (Fsp3) is 0.571. The molecule has 0 unspecified atom stereocenters. The van der Waals surface area contributed by atoms with Crippen LogP contribution in [0.25, 0.3) is 0 Å². The van der Waals surface area contributed by atoms with Gasteiger partial charge in [-0.2, -0.15) is 5.26 Å². The van der Waals surface area contributed by atoms with Gasteiger partial charge in [-0.05, 0) is 24.1 Å². The normalized spacial score (nSPS) is 15.7. The topological polar surface area (TPSA) is 76.4 Å². The lowest BCUT2D eigenvalue weighted by Crippen LogP contribution is -2.39. The summed E-state index contributed by atoms with van der Waals surface area (Å²) >= 11 is 0. The number of carbonyl (C=O) groups is 2. The van der Waals surface area contributed by atoms with Gasteiger partial charge in [-0.25, -0.2) is 0 Å². The van der Waals surface area contributed by atoms with Crippen molar-refractivity contribution >= 4 is 11.8 Å². The fourth-order valence-electron chi connectivity index (χ4n) is 3.03. The van der Waals surface area contributed by atoms with E-state index in [-0.39, 0.29) is 11.8 Å². The Morgan fingerprint density at radius 1 is 1.11 bits per heavy atom. The molecule has 6 nitrogen and oxygen atoms in total. The Labute approximate surface area is 162 Å². The molecule has 6 heteroatoms. The van der Waals surface area contributed by atoms with Gasteiger partial charge in [0.15, 0.2) is 0 Å². The van der Waals surface area contributed by atoms with Crippen LogP contribution in [-0.4, -0.2) is 54.3 Å². The highest BCUT2D eigenvalue weighted by molar-refractivity contribution is 5.82. The minimum atomic E-state index is -0.433. The molecule has 1 saturated heterocycles. The molecule has 1 aliphatic rings. The molecule has 0 radical (unpaired) electrons. The Kier molecular flexibility index (Phi) is 7.37. The van der Waals surface area contributed by atoms with Crippen molar-refractivity contribution in [2.75, 3.05) is 32.7 Å². The molecule has 1 aliphatic heterocycles. The quantitative estimate of drug-likeness (QED) is 0.862. The van der Waals surface area contributed by atoms with Gasteiger partial charge in [0.2, 0.25) is 11.8 Å². The first kappa shape index (κ1) is 20.9. The third kappa shape index (κ3) is 6.69. The highest BCUT2D eigenvalue weighted by atomic mass is 16.2. The Hall–Kier alpha value is -2.39. The van der Waals surface area contributed by atoms with Crippen LogP contribution in [0.4, 0.5) is 0 Å². The molecule has 0 saturated carbocycles. The van der Waals surface area contributed by atoms with Crippen molar-refractivity contribution in [3.8, 4) is 6.07 Å². The number of rotatable bonds is 5. The maximum Gasteiger partial charge on any atom is 0.225 e. The van der Waals surface area contributed by atoms with E-state index in [1.807, 2.05) is 49.9 Å². The molecule has 1 aromatic carbocycles. The third-order valence-corrected chi connectivity index (χ3v) is 4.74. The average molecular weight is 370 g/mol. The van der Waals surface area contributed by atoms with Gasteiger partial charge in [0, 0.05) is 51.1 Å². The van der Waals surface area contributed by atoms with E-state index in [1.54, 1.807) is 0 Å². The van der Waals surface area contributed by atoms with Gasteiger partial charge >= 0.3 is 0 Å². The summed E-state index contributed by atoms with van der Waals surface area (Å²) in [5, 5.41) is 11.7. The van der Waals surface area contributed by atoms with Crippen molar-refractivity contribution in [3.63, 3.8) is 0 Å². The Morgan fingerprint density at radius 3 is 2.44 bits per heavy atom. The van der Waals surface area contributed by atoms with Crippen LogP contribution in [0, 0.1) is 16.7 Å². The van der Waals surface area contributed by atoms with Crippen molar-refractivity contribution in [2.24, 2.45) is 5.41 Å². The largest absolute Gasteiger partial charge is 0.355 e. The number of nitrogens with zero attached hydrogens (tertiary/aromatic N) is 3. The van der Waals surface area contributed by atoms with Crippen LogP contribution in [-0.2, 0) is 16.1 Å². The summed E-state index contributed by atoms with van der Waals surface area (Å²) in [6.07, 6.45) is 1.29. The van der Waals surface area contributed by atoms with Crippen molar-refractivity contribution in [2.45, 2.75) is 40.2 Å². The van der Waals surface area contributed by atoms with E-state index >= 15 is 0 Å². The molecule has 27 heavy (non-hydrogen) atoms. The van der Waals surface area contributed by atoms with Gasteiger partial charge in [0.05, 0.1) is 11.6 Å². The number of benzene rings is 1. The van der Waals surface area contributed by atoms with E-state index in [9.17, 15) is 9.59 Å². The van der Waals surface area contributed by atoms with Crippen LogP contribution in [0.2, 0.25) is 0 Å². The number of nitrogens with one attached hydrogen (secondary N) is 1. The first-order chi connectivity index (χ1) is 12.8. The molecule has 1 fully saturated rings. The zero-order chi connectivity index (χ0) is 19.9.